The summed E-state index contributed by atoms with van der Waals surface area (Å²) in [5.41, 5.74) is 0.735. The Morgan fingerprint density at radius 2 is 1.96 bits per heavy atom. The zero-order valence-corrected chi connectivity index (χ0v) is 16.0. The molecular formula is C20H31FN2O2. The van der Waals surface area contributed by atoms with Gasteiger partial charge in [0.05, 0.1) is 5.69 Å². The van der Waals surface area contributed by atoms with Crippen LogP contribution in [0.1, 0.15) is 66.7 Å². The quantitative estimate of drug-likeness (QED) is 0.663. The van der Waals surface area contributed by atoms with Crippen molar-refractivity contribution in [1.82, 2.24) is 0 Å². The Bertz CT molecular complexity index is 608. The number of hydrogen-bond donors (Lipinski definition) is 2. The first-order valence-corrected chi connectivity index (χ1v) is 9.10. The molecule has 4 nitrogen and oxygen atoms in total. The second-order valence-corrected chi connectivity index (χ2v) is 8.76. The van der Waals surface area contributed by atoms with Crippen LogP contribution in [-0.2, 0) is 4.74 Å². The minimum absolute atomic E-state index is 0.257. The van der Waals surface area contributed by atoms with Gasteiger partial charge in [-0.3, -0.25) is 5.32 Å². The van der Waals surface area contributed by atoms with Gasteiger partial charge in [0.1, 0.15) is 11.4 Å². The van der Waals surface area contributed by atoms with E-state index >= 15 is 0 Å². The van der Waals surface area contributed by atoms with Gasteiger partial charge in [-0.25, -0.2) is 9.18 Å². The normalized spacial score (nSPS) is 20.5. The number of amides is 1. The van der Waals surface area contributed by atoms with E-state index in [1.54, 1.807) is 32.9 Å². The van der Waals surface area contributed by atoms with Gasteiger partial charge in [0.2, 0.25) is 0 Å². The zero-order chi connectivity index (χ0) is 18.7. The summed E-state index contributed by atoms with van der Waals surface area (Å²) in [5.74, 6) is -0.307. The van der Waals surface area contributed by atoms with Crippen LogP contribution in [0.2, 0.25) is 0 Å². The van der Waals surface area contributed by atoms with E-state index in [0.717, 1.165) is 25.7 Å². The fourth-order valence-electron chi connectivity index (χ4n) is 3.16. The Hall–Kier alpha value is -1.78. The summed E-state index contributed by atoms with van der Waals surface area (Å²) in [6.07, 6.45) is 4.99. The van der Waals surface area contributed by atoms with E-state index in [0.29, 0.717) is 16.8 Å². The Morgan fingerprint density at radius 3 is 2.64 bits per heavy atom. The van der Waals surface area contributed by atoms with Gasteiger partial charge in [-0.05, 0) is 70.1 Å². The highest BCUT2D eigenvalue weighted by molar-refractivity contribution is 5.85. The summed E-state index contributed by atoms with van der Waals surface area (Å²) in [6.45, 7) is 10.00. The molecule has 1 saturated carbocycles. The average Bonchev–Trinajstić information content (AvgIpc) is 2.62. The summed E-state index contributed by atoms with van der Waals surface area (Å²) in [7, 11) is 0. The molecule has 1 amide bonds. The molecule has 0 saturated heterocycles. The Morgan fingerprint density at radius 1 is 1.24 bits per heavy atom. The van der Waals surface area contributed by atoms with Crippen molar-refractivity contribution >= 4 is 17.5 Å². The molecule has 1 aromatic carbocycles. The lowest BCUT2D eigenvalue weighted by molar-refractivity contribution is 0.0636. The number of carbonyl (C=O) groups is 1. The number of ether oxygens (including phenoxy) is 1. The summed E-state index contributed by atoms with van der Waals surface area (Å²) >= 11 is 0. The highest BCUT2D eigenvalue weighted by Crippen LogP contribution is 2.35. The third-order valence-corrected chi connectivity index (χ3v) is 4.55. The molecule has 0 radical (unpaired) electrons. The maximum absolute atomic E-state index is 14.2. The van der Waals surface area contributed by atoms with Gasteiger partial charge in [0.15, 0.2) is 0 Å². The molecule has 2 rings (SSSR count). The molecule has 1 aliphatic rings. The van der Waals surface area contributed by atoms with Crippen LogP contribution in [0.4, 0.5) is 20.6 Å². The van der Waals surface area contributed by atoms with Crippen LogP contribution in [-0.4, -0.2) is 17.7 Å². The molecule has 0 aromatic heterocycles. The van der Waals surface area contributed by atoms with Gasteiger partial charge in [0.25, 0.3) is 0 Å². The molecule has 25 heavy (non-hydrogen) atoms. The molecule has 5 heteroatoms. The van der Waals surface area contributed by atoms with Crippen molar-refractivity contribution in [3.63, 3.8) is 0 Å². The molecular weight excluding hydrogens is 319 g/mol. The van der Waals surface area contributed by atoms with Crippen LogP contribution in [0.25, 0.3) is 0 Å². The third kappa shape index (κ3) is 6.56. The summed E-state index contributed by atoms with van der Waals surface area (Å²) in [5, 5.41) is 5.98. The lowest BCUT2D eigenvalue weighted by atomic mass is 9.85. The van der Waals surface area contributed by atoms with Gasteiger partial charge in [-0.1, -0.05) is 20.3 Å². The number of anilines is 2. The maximum atomic E-state index is 14.2. The van der Waals surface area contributed by atoms with Crippen LogP contribution in [0.15, 0.2) is 18.2 Å². The molecule has 1 fully saturated rings. The lowest BCUT2D eigenvalue weighted by Gasteiger charge is -2.23. The van der Waals surface area contributed by atoms with E-state index in [-0.39, 0.29) is 11.9 Å². The van der Waals surface area contributed by atoms with Crippen LogP contribution in [0.5, 0.6) is 0 Å². The van der Waals surface area contributed by atoms with Gasteiger partial charge in [-0.15, -0.1) is 0 Å². The highest BCUT2D eigenvalue weighted by atomic mass is 19.1. The van der Waals surface area contributed by atoms with E-state index in [1.165, 1.54) is 12.5 Å². The van der Waals surface area contributed by atoms with Crippen LogP contribution in [0, 0.1) is 11.2 Å². The van der Waals surface area contributed by atoms with E-state index in [9.17, 15) is 9.18 Å². The van der Waals surface area contributed by atoms with Crippen molar-refractivity contribution in [3.05, 3.63) is 24.0 Å². The largest absolute Gasteiger partial charge is 0.444 e. The molecule has 0 spiro atoms. The van der Waals surface area contributed by atoms with E-state index in [2.05, 4.69) is 24.5 Å². The number of nitrogens with one attached hydrogen (secondary N) is 2. The van der Waals surface area contributed by atoms with Crippen molar-refractivity contribution in [1.29, 1.82) is 0 Å². The first-order chi connectivity index (χ1) is 11.5. The molecule has 0 heterocycles. The fourth-order valence-corrected chi connectivity index (χ4v) is 3.16. The molecule has 1 atom stereocenters. The number of hydrogen-bond acceptors (Lipinski definition) is 3. The molecule has 1 unspecified atom stereocenters. The van der Waals surface area contributed by atoms with E-state index in [1.807, 2.05) is 0 Å². The molecule has 0 bridgehead atoms. The van der Waals surface area contributed by atoms with Gasteiger partial charge < -0.3 is 10.1 Å². The van der Waals surface area contributed by atoms with Gasteiger partial charge in [0, 0.05) is 11.7 Å². The van der Waals surface area contributed by atoms with Crippen molar-refractivity contribution in [2.45, 2.75) is 78.4 Å². The van der Waals surface area contributed by atoms with Crippen molar-refractivity contribution in [2.24, 2.45) is 5.41 Å². The molecule has 2 N–H and O–H groups in total. The summed E-state index contributed by atoms with van der Waals surface area (Å²) in [4.78, 5) is 11.9. The minimum Gasteiger partial charge on any atom is -0.444 e. The molecule has 1 aromatic rings. The first-order valence-electron chi connectivity index (χ1n) is 9.10. The first kappa shape index (κ1) is 19.5. The topological polar surface area (TPSA) is 50.4 Å². The van der Waals surface area contributed by atoms with Crippen molar-refractivity contribution in [3.8, 4) is 0 Å². The predicted molar refractivity (Wildman–Crippen MR) is 101 cm³/mol. The minimum atomic E-state index is -0.571. The Kier molecular flexibility index (Phi) is 5.96. The van der Waals surface area contributed by atoms with Crippen molar-refractivity contribution < 1.29 is 13.9 Å². The smallest absolute Gasteiger partial charge is 0.412 e. The molecule has 140 valence electrons. The number of benzene rings is 1. The van der Waals surface area contributed by atoms with Crippen LogP contribution < -0.4 is 10.6 Å². The second kappa shape index (κ2) is 7.63. The zero-order valence-electron chi connectivity index (χ0n) is 16.0. The lowest BCUT2D eigenvalue weighted by Crippen LogP contribution is -2.27. The van der Waals surface area contributed by atoms with E-state index < -0.39 is 11.7 Å². The third-order valence-electron chi connectivity index (χ3n) is 4.55. The van der Waals surface area contributed by atoms with Gasteiger partial charge >= 0.3 is 6.09 Å². The van der Waals surface area contributed by atoms with Crippen LogP contribution in [0.3, 0.4) is 0 Å². The SMILES string of the molecule is CC1(C)CCCC(Nc2cc(NC(=O)OC(C)(C)C)ccc2F)CC1. The van der Waals surface area contributed by atoms with Gasteiger partial charge in [-0.2, -0.15) is 0 Å². The Labute approximate surface area is 150 Å². The Balaban J connectivity index is 2.02. The standard InChI is InChI=1S/C20H31FN2O2/c1-19(2,3)25-18(24)23-15-8-9-16(21)17(13-15)22-14-7-6-11-20(4,5)12-10-14/h8-9,13-14,22H,6-7,10-12H2,1-5H3,(H,23,24). The average molecular weight is 350 g/mol. The summed E-state index contributed by atoms with van der Waals surface area (Å²) in [6, 6.07) is 4.80. The maximum Gasteiger partial charge on any atom is 0.412 e. The fraction of sp³-hybridized carbons (Fsp3) is 0.650. The van der Waals surface area contributed by atoms with Crippen molar-refractivity contribution in [2.75, 3.05) is 10.6 Å². The number of rotatable bonds is 3. The number of halogens is 1. The second-order valence-electron chi connectivity index (χ2n) is 8.76. The monoisotopic (exact) mass is 350 g/mol. The molecule has 1 aliphatic carbocycles. The number of carbonyl (C=O) groups excluding carboxylic acids is 1. The van der Waals surface area contributed by atoms with Crippen LogP contribution >= 0.6 is 0 Å². The predicted octanol–water partition coefficient (Wildman–Crippen LogP) is 5.94. The molecule has 0 aliphatic heterocycles. The summed E-state index contributed by atoms with van der Waals surface area (Å²) < 4.78 is 19.4. The van der Waals surface area contributed by atoms with E-state index in [4.69, 9.17) is 4.74 Å². The highest BCUT2D eigenvalue weighted by Gasteiger charge is 2.25.